The maximum atomic E-state index is 14.0. The summed E-state index contributed by atoms with van der Waals surface area (Å²) in [5, 5.41) is 45.0. The molecule has 10 nitrogen and oxygen atoms in total. The van der Waals surface area contributed by atoms with E-state index in [1.54, 1.807) is 14.1 Å². The highest BCUT2D eigenvalue weighted by molar-refractivity contribution is 6.24. The molecule has 0 bridgehead atoms. The number of hydrogen-bond donors (Lipinski definition) is 5. The van der Waals surface area contributed by atoms with E-state index in [1.165, 1.54) is 36.6 Å². The molecule has 1 aromatic rings. The summed E-state index contributed by atoms with van der Waals surface area (Å²) >= 11 is 0. The summed E-state index contributed by atoms with van der Waals surface area (Å²) < 4.78 is 0. The second kappa shape index (κ2) is 9.43. The molecule has 3 fully saturated rings. The predicted octanol–water partition coefficient (Wildman–Crippen LogP) is 1.59. The molecule has 0 aromatic heterocycles. The van der Waals surface area contributed by atoms with Crippen molar-refractivity contribution in [3.05, 3.63) is 45.7 Å². The Bertz CT molecular complexity index is 1360. The lowest BCUT2D eigenvalue weighted by molar-refractivity contribution is -0.153. The molecule has 1 unspecified atom stereocenters. The molecule has 4 atom stereocenters. The molecular weight excluding hydrogens is 514 g/mol. The molecule has 0 heterocycles. The van der Waals surface area contributed by atoms with Gasteiger partial charge in [0.2, 0.25) is 5.78 Å². The molecule has 40 heavy (non-hydrogen) atoms. The van der Waals surface area contributed by atoms with Gasteiger partial charge in [-0.3, -0.25) is 24.2 Å². The van der Waals surface area contributed by atoms with E-state index in [9.17, 15) is 34.8 Å². The third-order valence-corrected chi connectivity index (χ3v) is 9.52. The average Bonchev–Trinajstić information content (AvgIpc) is 3.80. The molecule has 0 saturated heterocycles. The topological polar surface area (TPSA) is 165 Å². The van der Waals surface area contributed by atoms with Gasteiger partial charge in [-0.05, 0) is 87.6 Å². The van der Waals surface area contributed by atoms with Crippen molar-refractivity contribution >= 4 is 23.2 Å². The number of primary amides is 1. The van der Waals surface area contributed by atoms with Gasteiger partial charge in [0.25, 0.3) is 5.91 Å². The number of carbonyl (C=O) groups is 3. The van der Waals surface area contributed by atoms with Gasteiger partial charge in [-0.2, -0.15) is 0 Å². The van der Waals surface area contributed by atoms with Crippen molar-refractivity contribution in [2.45, 2.75) is 56.7 Å². The molecule has 10 heteroatoms. The van der Waals surface area contributed by atoms with Crippen LogP contribution in [-0.4, -0.2) is 86.5 Å². The van der Waals surface area contributed by atoms with E-state index in [-0.39, 0.29) is 23.3 Å². The van der Waals surface area contributed by atoms with Crippen LogP contribution in [-0.2, 0) is 27.3 Å². The van der Waals surface area contributed by atoms with Crippen LogP contribution in [0.1, 0.15) is 48.8 Å². The number of phenolic OH excluding ortho intramolecular Hbond substituents is 1. The highest BCUT2D eigenvalue weighted by Gasteiger charge is 2.64. The zero-order valence-corrected chi connectivity index (χ0v) is 22.9. The van der Waals surface area contributed by atoms with E-state index in [0.29, 0.717) is 24.8 Å². The van der Waals surface area contributed by atoms with Gasteiger partial charge in [-0.15, -0.1) is 0 Å². The number of nitrogens with zero attached hydrogens (tertiary/aromatic N) is 2. The number of aliphatic hydroxyl groups is 3. The van der Waals surface area contributed by atoms with Gasteiger partial charge in [0, 0.05) is 31.1 Å². The number of benzene rings is 1. The van der Waals surface area contributed by atoms with Crippen molar-refractivity contribution in [2.24, 2.45) is 29.4 Å². The van der Waals surface area contributed by atoms with Crippen molar-refractivity contribution in [3.8, 4) is 5.75 Å². The van der Waals surface area contributed by atoms with Gasteiger partial charge in [0.05, 0.1) is 11.6 Å². The summed E-state index contributed by atoms with van der Waals surface area (Å²) in [4.78, 5) is 43.4. The number of aromatic hydroxyl groups is 1. The monoisotopic (exact) mass is 551 g/mol. The molecule has 0 aliphatic heterocycles. The quantitative estimate of drug-likeness (QED) is 0.302. The molecular formula is C30H37N3O7. The molecule has 6 N–H and O–H groups in total. The summed E-state index contributed by atoms with van der Waals surface area (Å²) in [6.45, 7) is 2.68. The Morgan fingerprint density at radius 1 is 1.05 bits per heavy atom. The van der Waals surface area contributed by atoms with Crippen LogP contribution in [0.5, 0.6) is 5.75 Å². The summed E-state index contributed by atoms with van der Waals surface area (Å²) in [5.41, 5.74) is 3.72. The molecule has 214 valence electrons. The zero-order chi connectivity index (χ0) is 28.7. The van der Waals surface area contributed by atoms with E-state index in [0.717, 1.165) is 24.2 Å². The lowest BCUT2D eigenvalue weighted by Crippen LogP contribution is -2.65. The highest BCUT2D eigenvalue weighted by Crippen LogP contribution is 2.53. The van der Waals surface area contributed by atoms with Gasteiger partial charge < -0.3 is 26.2 Å². The van der Waals surface area contributed by atoms with Crippen LogP contribution < -0.4 is 5.73 Å². The second-order valence-electron chi connectivity index (χ2n) is 12.6. The smallest absolute Gasteiger partial charge is 0.255 e. The molecule has 6 rings (SSSR count). The van der Waals surface area contributed by atoms with Crippen molar-refractivity contribution in [1.82, 2.24) is 9.80 Å². The number of likely N-dealkylation sites (N-methyl/N-ethyl adjacent to an activating group) is 1. The first-order valence-electron chi connectivity index (χ1n) is 14.1. The number of rotatable bonds is 8. The van der Waals surface area contributed by atoms with Crippen LogP contribution in [0.25, 0.3) is 5.76 Å². The number of carbonyl (C=O) groups excluding carboxylic acids is 3. The largest absolute Gasteiger partial charge is 0.508 e. The average molecular weight is 552 g/mol. The minimum atomic E-state index is -2.62. The fourth-order valence-corrected chi connectivity index (χ4v) is 7.23. The number of amides is 1. The highest BCUT2D eigenvalue weighted by atomic mass is 16.3. The number of phenols is 1. The van der Waals surface area contributed by atoms with Crippen LogP contribution in [0.4, 0.5) is 0 Å². The molecule has 1 amide bonds. The van der Waals surface area contributed by atoms with Gasteiger partial charge >= 0.3 is 0 Å². The third-order valence-electron chi connectivity index (χ3n) is 9.52. The number of ketones is 2. The lowest BCUT2D eigenvalue weighted by atomic mass is 9.57. The first kappa shape index (κ1) is 27.0. The van der Waals surface area contributed by atoms with E-state index in [1.807, 2.05) is 6.07 Å². The minimum absolute atomic E-state index is 0.0920. The Morgan fingerprint density at radius 3 is 2.23 bits per heavy atom. The molecule has 5 aliphatic carbocycles. The summed E-state index contributed by atoms with van der Waals surface area (Å²) in [7, 11) is 3.19. The van der Waals surface area contributed by atoms with Gasteiger partial charge in [0.1, 0.15) is 22.8 Å². The van der Waals surface area contributed by atoms with Crippen LogP contribution in [0.15, 0.2) is 29.0 Å². The molecule has 0 radical (unpaired) electrons. The fraction of sp³-hybridized carbons (Fsp3) is 0.567. The lowest BCUT2D eigenvalue weighted by Gasteiger charge is -2.50. The minimum Gasteiger partial charge on any atom is -0.508 e. The maximum Gasteiger partial charge on any atom is 0.255 e. The van der Waals surface area contributed by atoms with E-state index in [2.05, 4.69) is 4.90 Å². The Morgan fingerprint density at radius 2 is 1.68 bits per heavy atom. The SMILES string of the molecule is CN(C)[C@@H]1C(=O)C(C(N)=O)=C(O)[C@@]2(O)C(=O)C3=C(O)c4c(O)ccc(CN(CC5CC5)CC5CC5)c4C[C@H]3CC12. The summed E-state index contributed by atoms with van der Waals surface area (Å²) in [5.74, 6) is -4.89. The fourth-order valence-electron chi connectivity index (χ4n) is 7.23. The van der Waals surface area contributed by atoms with Gasteiger partial charge in [0.15, 0.2) is 11.4 Å². The van der Waals surface area contributed by atoms with Crippen LogP contribution in [0.2, 0.25) is 0 Å². The van der Waals surface area contributed by atoms with Crippen LogP contribution in [0, 0.1) is 23.7 Å². The van der Waals surface area contributed by atoms with Crippen molar-refractivity contribution < 1.29 is 34.8 Å². The third kappa shape index (κ3) is 4.15. The maximum absolute atomic E-state index is 14.0. The van der Waals surface area contributed by atoms with Crippen LogP contribution in [0.3, 0.4) is 0 Å². The number of fused-ring (bicyclic) bond motifs is 3. The second-order valence-corrected chi connectivity index (χ2v) is 12.6. The van der Waals surface area contributed by atoms with Crippen molar-refractivity contribution in [1.29, 1.82) is 0 Å². The Labute approximate surface area is 232 Å². The summed E-state index contributed by atoms with van der Waals surface area (Å²) in [6, 6.07) is 2.31. The Kier molecular flexibility index (Phi) is 6.36. The van der Waals surface area contributed by atoms with Crippen molar-refractivity contribution in [2.75, 3.05) is 27.2 Å². The predicted molar refractivity (Wildman–Crippen MR) is 145 cm³/mol. The Hall–Kier alpha value is -3.21. The molecule has 0 spiro atoms. The normalized spacial score (nSPS) is 30.1. The van der Waals surface area contributed by atoms with Crippen molar-refractivity contribution in [3.63, 3.8) is 0 Å². The van der Waals surface area contributed by atoms with E-state index >= 15 is 0 Å². The number of hydrogen-bond acceptors (Lipinski definition) is 9. The van der Waals surface area contributed by atoms with Gasteiger partial charge in [-0.25, -0.2) is 0 Å². The molecule has 1 aromatic carbocycles. The Balaban J connectivity index is 1.44. The molecule has 5 aliphatic rings. The van der Waals surface area contributed by atoms with Gasteiger partial charge in [-0.1, -0.05) is 6.07 Å². The van der Waals surface area contributed by atoms with Crippen LogP contribution >= 0.6 is 0 Å². The molecule has 3 saturated carbocycles. The number of nitrogens with two attached hydrogens (primary N) is 1. The standard InChI is InChI=1S/C30H37N3O7/c1-32(2)24-19-10-17-9-18-16(13-33(11-14-3-4-14)12-15-5-6-15)7-8-20(34)22(18)25(35)21(17)27(37)30(19,40)28(38)23(26(24)36)29(31)39/h7-8,14-15,17,19,24,34-35,38,40H,3-6,9-13H2,1-2H3,(H2,31,39)/t17-,19?,24-,30-/m0/s1. The van der Waals surface area contributed by atoms with E-state index < -0.39 is 58.0 Å². The number of aliphatic hydroxyl groups excluding tert-OH is 2. The number of Topliss-reactive ketones (excluding diaryl/α,β-unsaturated/α-hetero) is 2. The first-order valence-corrected chi connectivity index (χ1v) is 14.1. The first-order chi connectivity index (χ1) is 18.9. The van der Waals surface area contributed by atoms with E-state index in [4.69, 9.17) is 5.73 Å². The summed E-state index contributed by atoms with van der Waals surface area (Å²) in [6.07, 6.45) is 5.36. The zero-order valence-electron chi connectivity index (χ0n) is 22.9.